The number of halogens is 4. The van der Waals surface area contributed by atoms with Crippen LogP contribution in [0.4, 0.5) is 13.2 Å². The number of furan rings is 1. The lowest BCUT2D eigenvalue weighted by molar-refractivity contribution is -0.137. The van der Waals surface area contributed by atoms with Crippen molar-refractivity contribution in [3.63, 3.8) is 0 Å². The van der Waals surface area contributed by atoms with E-state index >= 15 is 0 Å². The fraction of sp³-hybridized carbons (Fsp3) is 0.130. The van der Waals surface area contributed by atoms with Crippen molar-refractivity contribution >= 4 is 29.5 Å². The Kier molecular flexibility index (Phi) is 6.74. The minimum atomic E-state index is -4.48. The van der Waals surface area contributed by atoms with Crippen LogP contribution in [0.5, 0.6) is 0 Å². The molecule has 2 aromatic carbocycles. The fourth-order valence-electron chi connectivity index (χ4n) is 2.76. The van der Waals surface area contributed by atoms with Crippen LogP contribution >= 0.6 is 11.6 Å². The number of carbonyl (C=O) groups excluding carboxylic acids is 2. The number of nitrogens with zero attached hydrogens (tertiary/aromatic N) is 1. The number of hydrogen-bond acceptors (Lipinski definition) is 3. The lowest BCUT2D eigenvalue weighted by atomic mass is 10.1. The van der Waals surface area contributed by atoms with E-state index in [-0.39, 0.29) is 28.3 Å². The molecule has 1 heterocycles. The first-order valence-electron chi connectivity index (χ1n) is 9.32. The molecular weight excluding hydrogens is 445 g/mol. The highest BCUT2D eigenvalue weighted by atomic mass is 35.5. The Hall–Kier alpha value is -3.52. The van der Waals surface area contributed by atoms with Crippen molar-refractivity contribution in [3.05, 3.63) is 88.3 Å². The maximum Gasteiger partial charge on any atom is 0.416 e. The van der Waals surface area contributed by atoms with E-state index in [4.69, 9.17) is 16.0 Å². The highest BCUT2D eigenvalue weighted by Gasteiger charge is 2.30. The van der Waals surface area contributed by atoms with Crippen LogP contribution in [-0.4, -0.2) is 30.8 Å². The van der Waals surface area contributed by atoms with Gasteiger partial charge in [-0.25, -0.2) is 0 Å². The molecule has 0 aliphatic rings. The first-order valence-corrected chi connectivity index (χ1v) is 9.70. The molecular formula is C23H18ClF3N2O3. The van der Waals surface area contributed by atoms with E-state index < -0.39 is 23.6 Å². The predicted octanol–water partition coefficient (Wildman–Crippen LogP) is 5.48. The van der Waals surface area contributed by atoms with E-state index in [1.807, 2.05) is 0 Å². The Balaban J connectivity index is 1.90. The smallest absolute Gasteiger partial charge is 0.416 e. The van der Waals surface area contributed by atoms with Gasteiger partial charge in [0.05, 0.1) is 5.56 Å². The molecule has 0 aliphatic heterocycles. The number of nitrogens with one attached hydrogen (secondary N) is 1. The third-order valence-electron chi connectivity index (χ3n) is 4.38. The second kappa shape index (κ2) is 9.32. The summed E-state index contributed by atoms with van der Waals surface area (Å²) in [6, 6.07) is 13.8. The summed E-state index contributed by atoms with van der Waals surface area (Å²) in [5, 5.41) is 3.00. The molecule has 1 aromatic heterocycles. The number of hydrogen-bond donors (Lipinski definition) is 1. The number of alkyl halides is 3. The number of likely N-dealkylation sites (N-methyl/N-ethyl adjacent to an activating group) is 1. The zero-order chi connectivity index (χ0) is 23.5. The minimum absolute atomic E-state index is 0.0695. The first kappa shape index (κ1) is 23.1. The van der Waals surface area contributed by atoms with Crippen molar-refractivity contribution in [2.24, 2.45) is 0 Å². The summed E-state index contributed by atoms with van der Waals surface area (Å²) >= 11 is 5.83. The van der Waals surface area contributed by atoms with E-state index in [2.05, 4.69) is 5.32 Å². The summed E-state index contributed by atoms with van der Waals surface area (Å²) in [5.41, 5.74) is -0.358. The molecule has 0 spiro atoms. The summed E-state index contributed by atoms with van der Waals surface area (Å²) in [7, 11) is 3.03. The van der Waals surface area contributed by atoms with Crippen LogP contribution in [0.25, 0.3) is 17.4 Å². The van der Waals surface area contributed by atoms with E-state index in [9.17, 15) is 22.8 Å². The lowest BCUT2D eigenvalue weighted by Gasteiger charge is -2.14. The van der Waals surface area contributed by atoms with Gasteiger partial charge in [-0.15, -0.1) is 0 Å². The Morgan fingerprint density at radius 1 is 1.03 bits per heavy atom. The van der Waals surface area contributed by atoms with Crippen molar-refractivity contribution < 1.29 is 27.2 Å². The summed E-state index contributed by atoms with van der Waals surface area (Å²) in [6.45, 7) is 0. The summed E-state index contributed by atoms with van der Waals surface area (Å²) in [5.74, 6) is -0.667. The Morgan fingerprint density at radius 3 is 2.34 bits per heavy atom. The van der Waals surface area contributed by atoms with Gasteiger partial charge in [0, 0.05) is 36.3 Å². The Bertz CT molecular complexity index is 1170. The van der Waals surface area contributed by atoms with Crippen molar-refractivity contribution in [1.82, 2.24) is 10.2 Å². The van der Waals surface area contributed by atoms with Crippen LogP contribution in [0.2, 0.25) is 5.02 Å². The van der Waals surface area contributed by atoms with E-state index in [0.717, 1.165) is 12.1 Å². The molecule has 5 nitrogen and oxygen atoms in total. The zero-order valence-corrected chi connectivity index (χ0v) is 17.8. The van der Waals surface area contributed by atoms with Gasteiger partial charge in [0.2, 0.25) is 0 Å². The number of rotatable bonds is 5. The average molecular weight is 463 g/mol. The lowest BCUT2D eigenvalue weighted by Crippen LogP contribution is -2.34. The molecule has 0 saturated heterocycles. The van der Waals surface area contributed by atoms with Gasteiger partial charge in [-0.05, 0) is 48.5 Å². The van der Waals surface area contributed by atoms with Crippen LogP contribution in [0.3, 0.4) is 0 Å². The average Bonchev–Trinajstić information content (AvgIpc) is 3.21. The monoisotopic (exact) mass is 462 g/mol. The predicted molar refractivity (Wildman–Crippen MR) is 115 cm³/mol. The van der Waals surface area contributed by atoms with Gasteiger partial charge in [-0.2, -0.15) is 13.2 Å². The summed E-state index contributed by atoms with van der Waals surface area (Å²) in [6.07, 6.45) is -3.17. The molecule has 0 fully saturated rings. The van der Waals surface area contributed by atoms with E-state index in [1.54, 1.807) is 12.1 Å². The van der Waals surface area contributed by atoms with Gasteiger partial charge < -0.3 is 14.6 Å². The highest BCUT2D eigenvalue weighted by Crippen LogP contribution is 2.32. The molecule has 0 radical (unpaired) electrons. The van der Waals surface area contributed by atoms with Gasteiger partial charge >= 0.3 is 6.18 Å². The van der Waals surface area contributed by atoms with Crippen LogP contribution in [-0.2, 0) is 11.0 Å². The minimum Gasteiger partial charge on any atom is -0.457 e. The molecule has 0 aliphatic carbocycles. The third-order valence-corrected chi connectivity index (χ3v) is 4.63. The van der Waals surface area contributed by atoms with Crippen molar-refractivity contribution in [1.29, 1.82) is 0 Å². The number of amides is 2. The first-order chi connectivity index (χ1) is 15.0. The van der Waals surface area contributed by atoms with Gasteiger partial charge in [0.15, 0.2) is 0 Å². The number of benzene rings is 2. The molecule has 0 saturated carbocycles. The van der Waals surface area contributed by atoms with Crippen LogP contribution in [0.1, 0.15) is 21.7 Å². The molecule has 9 heteroatoms. The molecule has 1 N–H and O–H groups in total. The Labute approximate surface area is 187 Å². The zero-order valence-electron chi connectivity index (χ0n) is 17.0. The largest absolute Gasteiger partial charge is 0.457 e. The van der Waals surface area contributed by atoms with E-state index in [1.165, 1.54) is 61.5 Å². The van der Waals surface area contributed by atoms with Crippen molar-refractivity contribution in [2.45, 2.75) is 6.18 Å². The van der Waals surface area contributed by atoms with Gasteiger partial charge in [-0.1, -0.05) is 23.7 Å². The van der Waals surface area contributed by atoms with Crippen LogP contribution in [0.15, 0.2) is 70.8 Å². The summed E-state index contributed by atoms with van der Waals surface area (Å²) in [4.78, 5) is 26.4. The maximum absolute atomic E-state index is 13.0. The second-order valence-corrected chi connectivity index (χ2v) is 7.44. The molecule has 0 atom stereocenters. The highest BCUT2D eigenvalue weighted by molar-refractivity contribution is 6.30. The van der Waals surface area contributed by atoms with Crippen LogP contribution < -0.4 is 5.32 Å². The SMILES string of the molecule is CN(C)C(=O)C(=Cc1ccc(-c2cccc(C(F)(F)F)c2)o1)NC(=O)c1ccc(Cl)cc1. The Morgan fingerprint density at radius 2 is 1.72 bits per heavy atom. The molecule has 2 amide bonds. The molecule has 32 heavy (non-hydrogen) atoms. The molecule has 0 unspecified atom stereocenters. The van der Waals surface area contributed by atoms with Crippen LogP contribution in [0, 0.1) is 0 Å². The topological polar surface area (TPSA) is 62.6 Å². The van der Waals surface area contributed by atoms with Gasteiger partial charge in [0.1, 0.15) is 17.2 Å². The van der Waals surface area contributed by atoms with E-state index in [0.29, 0.717) is 5.02 Å². The van der Waals surface area contributed by atoms with Gasteiger partial charge in [0.25, 0.3) is 11.8 Å². The molecule has 166 valence electrons. The van der Waals surface area contributed by atoms with Crippen molar-refractivity contribution in [3.8, 4) is 11.3 Å². The quantitative estimate of drug-likeness (QED) is 0.511. The second-order valence-electron chi connectivity index (χ2n) is 7.00. The molecule has 3 rings (SSSR count). The standard InChI is InChI=1S/C23H18ClF3N2O3/c1-29(2)22(31)19(28-21(30)14-6-8-17(24)9-7-14)13-18-10-11-20(32-18)15-4-3-5-16(12-15)23(25,26)27/h3-13H,1-2H3,(H,28,30). The fourth-order valence-corrected chi connectivity index (χ4v) is 2.89. The molecule has 0 bridgehead atoms. The van der Waals surface area contributed by atoms with Crippen molar-refractivity contribution in [2.75, 3.05) is 14.1 Å². The maximum atomic E-state index is 13.0. The third kappa shape index (κ3) is 5.59. The number of carbonyl (C=O) groups is 2. The summed E-state index contributed by atoms with van der Waals surface area (Å²) < 4.78 is 44.6. The molecule has 3 aromatic rings. The normalized spacial score (nSPS) is 11.9. The van der Waals surface area contributed by atoms with Gasteiger partial charge in [-0.3, -0.25) is 9.59 Å².